The van der Waals surface area contributed by atoms with E-state index in [-0.39, 0.29) is 18.9 Å². The predicted octanol–water partition coefficient (Wildman–Crippen LogP) is 10.6. The second-order valence-electron chi connectivity index (χ2n) is 26.4. The highest BCUT2D eigenvalue weighted by atomic mass is 16.8. The van der Waals surface area contributed by atoms with Crippen molar-refractivity contribution in [2.45, 2.75) is 381 Å². The van der Waals surface area contributed by atoms with Crippen molar-refractivity contribution in [1.82, 2.24) is 5.32 Å². The summed E-state index contributed by atoms with van der Waals surface area (Å²) in [5.41, 5.74) is 0. The van der Waals surface area contributed by atoms with E-state index in [9.17, 15) is 61.0 Å². The van der Waals surface area contributed by atoms with E-state index >= 15 is 0 Å². The van der Waals surface area contributed by atoms with Crippen LogP contribution < -0.4 is 5.32 Å². The molecule has 0 aliphatic carbocycles. The summed E-state index contributed by atoms with van der Waals surface area (Å²) >= 11 is 0. The molecule has 3 fully saturated rings. The Labute approximate surface area is 554 Å². The van der Waals surface area contributed by atoms with Crippen LogP contribution in [0.4, 0.5) is 0 Å². The molecule has 19 nitrogen and oxygen atoms in total. The normalized spacial score (nSPS) is 27.9. The lowest BCUT2D eigenvalue weighted by molar-refractivity contribution is -0.379. The Morgan fingerprint density at radius 2 is 0.739 bits per heavy atom. The molecule has 12 N–H and O–H groups in total. The lowest BCUT2D eigenvalue weighted by Crippen LogP contribution is -2.66. The van der Waals surface area contributed by atoms with Crippen LogP contribution in [-0.4, -0.2) is 193 Å². The van der Waals surface area contributed by atoms with Crippen molar-refractivity contribution in [3.63, 3.8) is 0 Å². The van der Waals surface area contributed by atoms with E-state index in [1.54, 1.807) is 6.08 Å². The van der Waals surface area contributed by atoms with E-state index in [0.29, 0.717) is 12.8 Å². The second-order valence-corrected chi connectivity index (χ2v) is 26.4. The van der Waals surface area contributed by atoms with Gasteiger partial charge in [-0.05, 0) is 57.8 Å². The predicted molar refractivity (Wildman–Crippen MR) is 360 cm³/mol. The summed E-state index contributed by atoms with van der Waals surface area (Å²) in [5.74, 6) is -0.299. The zero-order valence-corrected chi connectivity index (χ0v) is 57.0. The fraction of sp³-hybridized carbons (Fsp3) is 0.877. The molecule has 0 bridgehead atoms. The minimum atomic E-state index is -1.98. The van der Waals surface area contributed by atoms with Crippen LogP contribution in [0.15, 0.2) is 48.6 Å². The highest BCUT2D eigenvalue weighted by Crippen LogP contribution is 2.33. The molecule has 92 heavy (non-hydrogen) atoms. The number of hydrogen-bond donors (Lipinski definition) is 12. The molecule has 0 saturated carbocycles. The van der Waals surface area contributed by atoms with E-state index in [1.165, 1.54) is 180 Å². The number of aliphatic hydroxyl groups is 11. The van der Waals surface area contributed by atoms with Crippen molar-refractivity contribution >= 4 is 5.91 Å². The third-order valence-corrected chi connectivity index (χ3v) is 18.3. The molecule has 0 aromatic rings. The number of rotatable bonds is 57. The average Bonchev–Trinajstić information content (AvgIpc) is 0.827. The molecule has 3 aliphatic heterocycles. The lowest BCUT2D eigenvalue weighted by atomic mass is 9.96. The number of nitrogens with one attached hydrogen (secondary N) is 1. The van der Waals surface area contributed by atoms with Gasteiger partial charge in [0.2, 0.25) is 5.91 Å². The molecular formula is C73H133NO18. The SMILES string of the molecule is CCCC/C=C\C/C=C\CCCCCCCC(=O)NC(COC1OC(CO)C(OC2OC(CO)C(OC3OC(CO)C(O)C(O)C3O)C(O)C2O)C(O)C1O)C(O)/C=C/CC/C=C/CCCCCCCCCCCCCCCCCCCCCCCCCCCCC. The quantitative estimate of drug-likeness (QED) is 0.0199. The number of hydrogen-bond acceptors (Lipinski definition) is 18. The molecule has 3 rings (SSSR count). The Kier molecular flexibility index (Phi) is 50.0. The second kappa shape index (κ2) is 54.7. The number of allylic oxidation sites excluding steroid dienone is 7. The minimum absolute atomic E-state index is 0.218. The Balaban J connectivity index is 1.38. The van der Waals surface area contributed by atoms with Gasteiger partial charge in [0.15, 0.2) is 18.9 Å². The van der Waals surface area contributed by atoms with Gasteiger partial charge in [-0.15, -0.1) is 0 Å². The Morgan fingerprint density at radius 3 is 1.18 bits per heavy atom. The standard InChI is InChI=1S/C73H133NO18/c1-3-5-7-9-11-13-15-17-19-20-21-22-23-24-25-26-27-28-29-30-31-32-33-34-35-36-37-38-40-42-44-46-48-50-57(78)56(74-61(79)51-49-47-45-43-41-39-18-16-14-12-10-8-6-4-2)55-87-71-67(85)64(82)69(59(53-76)89-71)92-73-68(86)65(83)70(60(54-77)90-73)91-72-66(84)63(81)62(80)58(52-75)88-72/h10,12,16,18,40,42,48,50,56-60,62-73,75-78,80-86H,3-9,11,13-15,17,19-39,41,43-47,49,51-55H2,1-2H3,(H,74,79)/b12-10-,18-16-,42-40+,50-48+. The van der Waals surface area contributed by atoms with Crippen LogP contribution in [0.1, 0.15) is 277 Å². The Morgan fingerprint density at radius 1 is 0.391 bits per heavy atom. The van der Waals surface area contributed by atoms with Crippen LogP contribution in [-0.2, 0) is 33.2 Å². The molecular weight excluding hydrogens is 1180 g/mol. The molecule has 0 radical (unpaired) electrons. The van der Waals surface area contributed by atoms with Crippen molar-refractivity contribution in [1.29, 1.82) is 0 Å². The number of aliphatic hydroxyl groups excluding tert-OH is 11. The van der Waals surface area contributed by atoms with Gasteiger partial charge >= 0.3 is 0 Å². The van der Waals surface area contributed by atoms with Crippen molar-refractivity contribution < 1.29 is 89.4 Å². The minimum Gasteiger partial charge on any atom is -0.394 e. The van der Waals surface area contributed by atoms with E-state index in [0.717, 1.165) is 64.2 Å². The van der Waals surface area contributed by atoms with Crippen molar-refractivity contribution in [2.24, 2.45) is 0 Å². The summed E-state index contributed by atoms with van der Waals surface area (Å²) in [6, 6.07) is -0.999. The highest BCUT2D eigenvalue weighted by Gasteiger charge is 2.53. The molecule has 3 saturated heterocycles. The molecule has 538 valence electrons. The first-order chi connectivity index (χ1) is 44.8. The van der Waals surface area contributed by atoms with Crippen molar-refractivity contribution in [2.75, 3.05) is 26.4 Å². The molecule has 1 amide bonds. The summed E-state index contributed by atoms with van der Waals surface area (Å²) in [5, 5.41) is 120. The molecule has 3 aliphatic rings. The van der Waals surface area contributed by atoms with Gasteiger partial charge in [0.05, 0.1) is 38.6 Å². The largest absolute Gasteiger partial charge is 0.394 e. The number of carbonyl (C=O) groups is 1. The van der Waals surface area contributed by atoms with Gasteiger partial charge in [-0.2, -0.15) is 0 Å². The van der Waals surface area contributed by atoms with Crippen LogP contribution in [0, 0.1) is 0 Å². The van der Waals surface area contributed by atoms with E-state index in [4.69, 9.17) is 28.4 Å². The molecule has 0 aromatic heterocycles. The van der Waals surface area contributed by atoms with Gasteiger partial charge < -0.3 is 89.9 Å². The maximum absolute atomic E-state index is 13.4. The van der Waals surface area contributed by atoms with Gasteiger partial charge in [-0.3, -0.25) is 4.79 Å². The molecule has 17 unspecified atom stereocenters. The van der Waals surface area contributed by atoms with Gasteiger partial charge in [-0.1, -0.05) is 262 Å². The van der Waals surface area contributed by atoms with Gasteiger partial charge in [0.1, 0.15) is 73.2 Å². The smallest absolute Gasteiger partial charge is 0.220 e. The summed E-state index contributed by atoms with van der Waals surface area (Å²) in [7, 11) is 0. The molecule has 19 heteroatoms. The van der Waals surface area contributed by atoms with E-state index in [2.05, 4.69) is 55.6 Å². The van der Waals surface area contributed by atoms with Crippen LogP contribution in [0.2, 0.25) is 0 Å². The third kappa shape index (κ3) is 35.8. The third-order valence-electron chi connectivity index (χ3n) is 18.3. The maximum Gasteiger partial charge on any atom is 0.220 e. The first-order valence-corrected chi connectivity index (χ1v) is 36.9. The highest BCUT2D eigenvalue weighted by molar-refractivity contribution is 5.76. The van der Waals surface area contributed by atoms with Crippen LogP contribution in [0.25, 0.3) is 0 Å². The van der Waals surface area contributed by atoms with Crippen molar-refractivity contribution in [3.05, 3.63) is 48.6 Å². The molecule has 0 aromatic carbocycles. The van der Waals surface area contributed by atoms with E-state index in [1.807, 2.05) is 6.08 Å². The molecule has 3 heterocycles. The van der Waals surface area contributed by atoms with Crippen LogP contribution >= 0.6 is 0 Å². The number of ether oxygens (including phenoxy) is 6. The lowest BCUT2D eigenvalue weighted by Gasteiger charge is -2.48. The van der Waals surface area contributed by atoms with Gasteiger partial charge in [-0.25, -0.2) is 0 Å². The zero-order chi connectivity index (χ0) is 66.8. The van der Waals surface area contributed by atoms with Gasteiger partial charge in [0.25, 0.3) is 0 Å². The summed E-state index contributed by atoms with van der Waals surface area (Å²) in [6.07, 6.45) is 39.8. The topological polar surface area (TPSA) is 307 Å². The summed E-state index contributed by atoms with van der Waals surface area (Å²) in [6.45, 7) is 1.68. The molecule has 17 atom stereocenters. The fourth-order valence-corrected chi connectivity index (χ4v) is 12.3. The maximum atomic E-state index is 13.4. The summed E-state index contributed by atoms with van der Waals surface area (Å²) in [4.78, 5) is 13.4. The van der Waals surface area contributed by atoms with E-state index < -0.39 is 124 Å². The van der Waals surface area contributed by atoms with Crippen molar-refractivity contribution in [3.8, 4) is 0 Å². The number of carbonyl (C=O) groups excluding carboxylic acids is 1. The Hall–Kier alpha value is -2.25. The number of amides is 1. The number of unbranched alkanes of at least 4 members (excludes halogenated alkanes) is 35. The zero-order valence-electron chi connectivity index (χ0n) is 57.0. The van der Waals surface area contributed by atoms with Gasteiger partial charge in [0, 0.05) is 6.42 Å². The molecule has 0 spiro atoms. The average molecular weight is 1310 g/mol. The Bertz CT molecular complexity index is 1860. The first kappa shape index (κ1) is 84.0. The van der Waals surface area contributed by atoms with Crippen LogP contribution in [0.3, 0.4) is 0 Å². The fourth-order valence-electron chi connectivity index (χ4n) is 12.3. The first-order valence-electron chi connectivity index (χ1n) is 36.9. The van der Waals surface area contributed by atoms with Crippen LogP contribution in [0.5, 0.6) is 0 Å². The summed E-state index contributed by atoms with van der Waals surface area (Å²) < 4.78 is 34.3. The monoisotopic (exact) mass is 1310 g/mol.